The van der Waals surface area contributed by atoms with Crippen molar-refractivity contribution in [3.05, 3.63) is 66.2 Å². The van der Waals surface area contributed by atoms with Gasteiger partial charge in [-0.2, -0.15) is 0 Å². The number of carbonyl (C=O) groups excluding carboxylic acids is 3. The monoisotopic (exact) mass is 631 g/mol. The van der Waals surface area contributed by atoms with Crippen molar-refractivity contribution in [3.8, 4) is 5.75 Å². The van der Waals surface area contributed by atoms with Crippen LogP contribution in [-0.4, -0.2) is 109 Å². The Kier molecular flexibility index (Phi) is 11.1. The Morgan fingerprint density at radius 3 is 2.61 bits per heavy atom. The van der Waals surface area contributed by atoms with E-state index in [0.29, 0.717) is 49.7 Å². The van der Waals surface area contributed by atoms with Gasteiger partial charge in [0.2, 0.25) is 11.8 Å². The fourth-order valence-electron chi connectivity index (χ4n) is 5.93. The maximum absolute atomic E-state index is 13.6. The number of ether oxygens (including phenoxy) is 2. The molecule has 2 heterocycles. The molecule has 0 aromatic heterocycles. The summed E-state index contributed by atoms with van der Waals surface area (Å²) in [7, 11) is 1.72. The van der Waals surface area contributed by atoms with Gasteiger partial charge < -0.3 is 35.0 Å². The molecule has 0 saturated carbocycles. The number of anilines is 2. The van der Waals surface area contributed by atoms with E-state index in [9.17, 15) is 19.5 Å². The molecule has 0 unspecified atom stereocenters. The van der Waals surface area contributed by atoms with Crippen molar-refractivity contribution in [2.45, 2.75) is 38.8 Å². The zero-order valence-electron chi connectivity index (χ0n) is 26.9. The number of fused-ring (bicyclic) bond motifs is 2. The highest BCUT2D eigenvalue weighted by atomic mass is 16.5. The first-order valence-electron chi connectivity index (χ1n) is 16.0. The number of nitrogens with one attached hydrogen (secondary N) is 2. The van der Waals surface area contributed by atoms with E-state index in [1.165, 1.54) is 0 Å². The average Bonchev–Trinajstić information content (AvgIpc) is 3.11. The zero-order chi connectivity index (χ0) is 32.6. The molecule has 0 bridgehead atoms. The summed E-state index contributed by atoms with van der Waals surface area (Å²) in [5.41, 5.74) is 1.93. The van der Waals surface area contributed by atoms with Crippen molar-refractivity contribution < 1.29 is 29.0 Å². The van der Waals surface area contributed by atoms with Crippen LogP contribution in [0.3, 0.4) is 0 Å². The largest absolute Gasteiger partial charge is 0.488 e. The van der Waals surface area contributed by atoms with E-state index in [4.69, 9.17) is 9.47 Å². The number of morpholine rings is 1. The number of rotatable bonds is 9. The fraction of sp³-hybridized carbons (Fsp3) is 0.457. The smallest absolute Gasteiger partial charge is 0.321 e. The first kappa shape index (κ1) is 33.2. The minimum absolute atomic E-state index is 0.0496. The van der Waals surface area contributed by atoms with Crippen LogP contribution in [0.2, 0.25) is 0 Å². The molecule has 1 fully saturated rings. The van der Waals surface area contributed by atoms with Gasteiger partial charge in [0.25, 0.3) is 0 Å². The van der Waals surface area contributed by atoms with E-state index in [1.54, 1.807) is 35.0 Å². The third-order valence-corrected chi connectivity index (χ3v) is 8.79. The van der Waals surface area contributed by atoms with Crippen LogP contribution in [0.15, 0.2) is 60.7 Å². The van der Waals surface area contributed by atoms with Gasteiger partial charge in [-0.1, -0.05) is 43.3 Å². The lowest BCUT2D eigenvalue weighted by Gasteiger charge is -2.34. The number of urea groups is 1. The molecular weight excluding hydrogens is 586 g/mol. The molecule has 11 heteroatoms. The molecule has 3 atom stereocenters. The van der Waals surface area contributed by atoms with Gasteiger partial charge in [-0.25, -0.2) is 4.79 Å². The number of carbonyl (C=O) groups is 3. The lowest BCUT2D eigenvalue weighted by molar-refractivity contribution is -0.134. The van der Waals surface area contributed by atoms with Crippen LogP contribution in [-0.2, 0) is 20.7 Å². The van der Waals surface area contributed by atoms with Gasteiger partial charge in [0.1, 0.15) is 11.9 Å². The van der Waals surface area contributed by atoms with Crippen LogP contribution < -0.4 is 15.4 Å². The molecule has 3 aromatic carbocycles. The summed E-state index contributed by atoms with van der Waals surface area (Å²) in [6.45, 7) is 7.86. The first-order chi connectivity index (χ1) is 22.2. The van der Waals surface area contributed by atoms with Crippen LogP contribution in [0, 0.1) is 5.92 Å². The highest BCUT2D eigenvalue weighted by Gasteiger charge is 2.32. The number of aliphatic hydroxyl groups is 1. The number of likely N-dealkylation sites (N-methyl/N-ethyl adjacent to an activating group) is 1. The molecule has 46 heavy (non-hydrogen) atoms. The molecular formula is C35H45N5O6. The van der Waals surface area contributed by atoms with E-state index >= 15 is 0 Å². The Morgan fingerprint density at radius 2 is 1.83 bits per heavy atom. The number of benzene rings is 3. The summed E-state index contributed by atoms with van der Waals surface area (Å²) in [5, 5.41) is 17.9. The molecule has 4 amide bonds. The molecule has 11 nitrogen and oxygen atoms in total. The van der Waals surface area contributed by atoms with E-state index in [1.807, 2.05) is 56.3 Å². The fourth-order valence-corrected chi connectivity index (χ4v) is 5.93. The maximum atomic E-state index is 13.6. The number of hydrogen-bond donors (Lipinski definition) is 3. The Hall–Kier alpha value is -4.19. The van der Waals surface area contributed by atoms with Crippen molar-refractivity contribution in [2.24, 2.45) is 5.92 Å². The van der Waals surface area contributed by atoms with Gasteiger partial charge >= 0.3 is 6.03 Å². The van der Waals surface area contributed by atoms with Gasteiger partial charge in [0, 0.05) is 62.2 Å². The van der Waals surface area contributed by atoms with E-state index in [0.717, 1.165) is 29.5 Å². The molecule has 0 aliphatic carbocycles. The number of hydrogen-bond acceptors (Lipinski definition) is 7. The molecule has 3 N–H and O–H groups in total. The Balaban J connectivity index is 1.32. The quantitative estimate of drug-likeness (QED) is 0.328. The summed E-state index contributed by atoms with van der Waals surface area (Å²) < 4.78 is 12.0. The zero-order valence-corrected chi connectivity index (χ0v) is 26.9. The predicted molar refractivity (Wildman–Crippen MR) is 178 cm³/mol. The summed E-state index contributed by atoms with van der Waals surface area (Å²) in [6.07, 6.45) is -0.0648. The minimum atomic E-state index is -0.463. The third-order valence-electron chi connectivity index (χ3n) is 8.79. The second-order valence-electron chi connectivity index (χ2n) is 12.3. The summed E-state index contributed by atoms with van der Waals surface area (Å²) in [5.74, 6) is 0.105. The van der Waals surface area contributed by atoms with Gasteiger partial charge in [0.05, 0.1) is 44.5 Å². The standard InChI is InChI=1S/C35H45N5O6/c1-24-21-40(25(2)23-41)34(43)20-27-19-28(36-33(42)13-14-39-15-17-45-18-16-39)11-12-31(27)46-32(24)22-38(3)35(44)37-30-10-6-8-26-7-4-5-9-29(26)30/h4-12,19,24-25,32,41H,13-18,20-23H2,1-3H3,(H,36,42)(H,37,44)/t24-,25-,32+/m1/s1. The summed E-state index contributed by atoms with van der Waals surface area (Å²) in [4.78, 5) is 45.2. The molecule has 1 saturated heterocycles. The molecule has 5 rings (SSSR count). The highest BCUT2D eigenvalue weighted by molar-refractivity contribution is 6.01. The Bertz CT molecular complexity index is 1520. The van der Waals surface area contributed by atoms with Crippen molar-refractivity contribution in [3.63, 3.8) is 0 Å². The molecule has 0 spiro atoms. The van der Waals surface area contributed by atoms with E-state index in [-0.39, 0.29) is 43.3 Å². The molecule has 2 aliphatic rings. The summed E-state index contributed by atoms with van der Waals surface area (Å²) in [6, 6.07) is 18.3. The third kappa shape index (κ3) is 8.34. The number of aliphatic hydroxyl groups excluding tert-OH is 1. The van der Waals surface area contributed by atoms with Crippen molar-refractivity contribution in [2.75, 3.05) is 70.2 Å². The van der Waals surface area contributed by atoms with E-state index < -0.39 is 12.1 Å². The second kappa shape index (κ2) is 15.4. The van der Waals surface area contributed by atoms with Crippen LogP contribution in [0.4, 0.5) is 16.2 Å². The topological polar surface area (TPSA) is 124 Å². The predicted octanol–water partition coefficient (Wildman–Crippen LogP) is 3.81. The number of amides is 4. The SMILES string of the molecule is C[C@@H]1CN([C@H](C)CO)C(=O)Cc2cc(NC(=O)CCN3CCOCC3)ccc2O[C@H]1CN(C)C(=O)Nc1cccc2ccccc12. The lowest BCUT2D eigenvalue weighted by atomic mass is 10.0. The van der Waals surface area contributed by atoms with E-state index in [2.05, 4.69) is 15.5 Å². The van der Waals surface area contributed by atoms with Gasteiger partial charge in [-0.05, 0) is 36.6 Å². The molecule has 2 aliphatic heterocycles. The normalized spacial score (nSPS) is 19.7. The van der Waals surface area contributed by atoms with Gasteiger partial charge in [-0.3, -0.25) is 14.5 Å². The summed E-state index contributed by atoms with van der Waals surface area (Å²) >= 11 is 0. The van der Waals surface area contributed by atoms with Gasteiger partial charge in [-0.15, -0.1) is 0 Å². The molecule has 3 aromatic rings. The number of nitrogens with zero attached hydrogens (tertiary/aromatic N) is 3. The van der Waals surface area contributed by atoms with Crippen LogP contribution in [0.1, 0.15) is 25.8 Å². The maximum Gasteiger partial charge on any atom is 0.321 e. The molecule has 246 valence electrons. The van der Waals surface area contributed by atoms with Gasteiger partial charge in [0.15, 0.2) is 0 Å². The van der Waals surface area contributed by atoms with Crippen LogP contribution in [0.25, 0.3) is 10.8 Å². The van der Waals surface area contributed by atoms with Crippen LogP contribution >= 0.6 is 0 Å². The average molecular weight is 632 g/mol. The van der Waals surface area contributed by atoms with Crippen molar-refractivity contribution in [1.29, 1.82) is 0 Å². The molecule has 0 radical (unpaired) electrons. The lowest BCUT2D eigenvalue weighted by Crippen LogP contribution is -2.48. The highest BCUT2D eigenvalue weighted by Crippen LogP contribution is 2.30. The minimum Gasteiger partial charge on any atom is -0.488 e. The van der Waals surface area contributed by atoms with Crippen molar-refractivity contribution in [1.82, 2.24) is 14.7 Å². The second-order valence-corrected chi connectivity index (χ2v) is 12.3. The first-order valence-corrected chi connectivity index (χ1v) is 16.0. The van der Waals surface area contributed by atoms with Crippen molar-refractivity contribution >= 4 is 40.0 Å². The van der Waals surface area contributed by atoms with Crippen LogP contribution in [0.5, 0.6) is 5.75 Å². The Labute approximate surface area is 270 Å². The Morgan fingerprint density at radius 1 is 1.07 bits per heavy atom.